The number of alkyl halides is 3. The predicted molar refractivity (Wildman–Crippen MR) is 113 cm³/mol. The van der Waals surface area contributed by atoms with Crippen LogP contribution in [0.25, 0.3) is 0 Å². The SMILES string of the molecule is CC(=O)CSc1ncccc1Oc1cc(N(C)/C(=C\C(=O)NC=O)C(F)(F)F)c(F)cc1N. The first-order chi connectivity index (χ1) is 15.4. The number of carbonyl (C=O) groups is 3. The van der Waals surface area contributed by atoms with E-state index in [1.54, 1.807) is 5.32 Å². The van der Waals surface area contributed by atoms with Crippen molar-refractivity contribution in [3.05, 3.63) is 48.1 Å². The molecule has 2 rings (SSSR count). The molecule has 0 atom stereocenters. The number of allylic oxidation sites excluding steroid dienone is 1. The summed E-state index contributed by atoms with van der Waals surface area (Å²) in [6.07, 6.45) is -3.59. The van der Waals surface area contributed by atoms with Crippen LogP contribution in [0.2, 0.25) is 0 Å². The first-order valence-corrected chi connectivity index (χ1v) is 10.0. The molecule has 33 heavy (non-hydrogen) atoms. The Hall–Kier alpha value is -3.61. The Bertz CT molecular complexity index is 1090. The molecular formula is C20H18F4N4O4S. The third-order valence-electron chi connectivity index (χ3n) is 3.93. The molecule has 0 unspecified atom stereocenters. The highest BCUT2D eigenvalue weighted by Crippen LogP contribution is 2.39. The standard InChI is InChI=1S/C20H18F4N4O4S/c1-11(30)9-33-19-15(4-3-5-26-19)32-16-7-14(12(21)6-13(16)25)28(2)17(20(22,23)24)8-18(31)27-10-29/h3-8,10H,9,25H2,1-2H3,(H,27,29,31)/b17-8-. The Morgan fingerprint density at radius 1 is 1.30 bits per heavy atom. The van der Waals surface area contributed by atoms with Crippen molar-refractivity contribution in [3.8, 4) is 11.5 Å². The summed E-state index contributed by atoms with van der Waals surface area (Å²) in [7, 11) is 0.879. The van der Waals surface area contributed by atoms with Crippen LogP contribution >= 0.6 is 11.8 Å². The average Bonchev–Trinajstić information content (AvgIpc) is 2.72. The zero-order chi connectivity index (χ0) is 24.8. The Morgan fingerprint density at radius 3 is 2.61 bits per heavy atom. The molecule has 1 aromatic heterocycles. The molecule has 1 aromatic carbocycles. The van der Waals surface area contributed by atoms with Crippen molar-refractivity contribution in [1.82, 2.24) is 10.3 Å². The first kappa shape index (κ1) is 25.6. The number of aromatic nitrogens is 1. The van der Waals surface area contributed by atoms with E-state index in [4.69, 9.17) is 10.5 Å². The second-order valence-corrected chi connectivity index (χ2v) is 7.42. The number of anilines is 2. The monoisotopic (exact) mass is 486 g/mol. The largest absolute Gasteiger partial charge is 0.452 e. The second-order valence-electron chi connectivity index (χ2n) is 6.45. The van der Waals surface area contributed by atoms with E-state index < -0.39 is 29.3 Å². The van der Waals surface area contributed by atoms with Gasteiger partial charge in [-0.15, -0.1) is 0 Å². The molecule has 1 heterocycles. The summed E-state index contributed by atoms with van der Waals surface area (Å²) in [6, 6.07) is 4.70. The number of ether oxygens (including phenoxy) is 1. The molecule has 0 saturated carbocycles. The van der Waals surface area contributed by atoms with Crippen LogP contribution in [0, 0.1) is 5.82 Å². The van der Waals surface area contributed by atoms with Crippen LogP contribution in [0.3, 0.4) is 0 Å². The lowest BCUT2D eigenvalue weighted by Crippen LogP contribution is -2.32. The van der Waals surface area contributed by atoms with Crippen LogP contribution in [0.5, 0.6) is 11.5 Å². The smallest absolute Gasteiger partial charge is 0.431 e. The van der Waals surface area contributed by atoms with Gasteiger partial charge in [0, 0.05) is 31.5 Å². The van der Waals surface area contributed by atoms with Crippen molar-refractivity contribution in [3.63, 3.8) is 0 Å². The molecule has 0 bridgehead atoms. The van der Waals surface area contributed by atoms with Crippen LogP contribution in [0.15, 0.2) is 47.3 Å². The van der Waals surface area contributed by atoms with Gasteiger partial charge in [-0.3, -0.25) is 19.7 Å². The molecule has 0 fully saturated rings. The summed E-state index contributed by atoms with van der Waals surface area (Å²) in [5.74, 6) is -2.53. The zero-order valence-electron chi connectivity index (χ0n) is 17.3. The third-order valence-corrected chi connectivity index (χ3v) is 5.06. The van der Waals surface area contributed by atoms with E-state index in [1.165, 1.54) is 25.3 Å². The topological polar surface area (TPSA) is 115 Å². The van der Waals surface area contributed by atoms with E-state index in [0.717, 1.165) is 30.9 Å². The Morgan fingerprint density at radius 2 is 2.00 bits per heavy atom. The second kappa shape index (κ2) is 10.8. The highest BCUT2D eigenvalue weighted by atomic mass is 32.2. The highest BCUT2D eigenvalue weighted by Gasteiger charge is 2.38. The highest BCUT2D eigenvalue weighted by molar-refractivity contribution is 8.00. The number of nitrogen functional groups attached to an aromatic ring is 1. The maximum Gasteiger partial charge on any atom is 0.431 e. The van der Waals surface area contributed by atoms with Crippen LogP contribution < -0.4 is 20.7 Å². The van der Waals surface area contributed by atoms with Gasteiger partial charge in [0.2, 0.25) is 6.41 Å². The van der Waals surface area contributed by atoms with E-state index in [1.807, 2.05) is 0 Å². The lowest BCUT2D eigenvalue weighted by molar-refractivity contribution is -0.123. The van der Waals surface area contributed by atoms with Crippen molar-refractivity contribution < 1.29 is 36.7 Å². The number of hydrogen-bond acceptors (Lipinski definition) is 8. The van der Waals surface area contributed by atoms with Crippen molar-refractivity contribution >= 4 is 41.2 Å². The Balaban J connectivity index is 2.47. The fraction of sp³-hybridized carbons (Fsp3) is 0.200. The van der Waals surface area contributed by atoms with Gasteiger partial charge in [0.15, 0.2) is 11.5 Å². The van der Waals surface area contributed by atoms with Gasteiger partial charge in [0.05, 0.1) is 17.1 Å². The number of nitrogens with two attached hydrogens (primary N) is 1. The quantitative estimate of drug-likeness (QED) is 0.182. The van der Waals surface area contributed by atoms with Crippen LogP contribution in [0.1, 0.15) is 6.92 Å². The molecule has 0 saturated heterocycles. The summed E-state index contributed by atoms with van der Waals surface area (Å²) < 4.78 is 60.8. The van der Waals surface area contributed by atoms with E-state index in [-0.39, 0.29) is 41.2 Å². The van der Waals surface area contributed by atoms with E-state index in [9.17, 15) is 31.9 Å². The fourth-order valence-electron chi connectivity index (χ4n) is 2.48. The van der Waals surface area contributed by atoms with Gasteiger partial charge >= 0.3 is 6.18 Å². The maximum atomic E-state index is 14.6. The maximum absolute atomic E-state index is 14.6. The summed E-state index contributed by atoms with van der Waals surface area (Å²) in [5, 5.41) is 1.87. The van der Waals surface area contributed by atoms with Gasteiger partial charge in [-0.2, -0.15) is 13.2 Å². The normalized spacial score (nSPS) is 11.6. The van der Waals surface area contributed by atoms with Gasteiger partial charge < -0.3 is 15.4 Å². The molecule has 2 aromatic rings. The number of ketones is 1. The summed E-state index contributed by atoms with van der Waals surface area (Å²) in [5.41, 5.74) is 3.42. The van der Waals surface area contributed by atoms with Crippen LogP contribution in [0.4, 0.5) is 28.9 Å². The molecular weight excluding hydrogens is 468 g/mol. The van der Waals surface area contributed by atoms with Gasteiger partial charge in [-0.1, -0.05) is 11.8 Å². The summed E-state index contributed by atoms with van der Waals surface area (Å²) in [4.78, 5) is 37.6. The van der Waals surface area contributed by atoms with E-state index in [0.29, 0.717) is 9.93 Å². The van der Waals surface area contributed by atoms with Crippen LogP contribution in [-0.2, 0) is 14.4 Å². The number of rotatable bonds is 9. The zero-order valence-corrected chi connectivity index (χ0v) is 18.1. The minimum atomic E-state index is -5.07. The lowest BCUT2D eigenvalue weighted by atomic mass is 10.2. The number of hydrogen-bond donors (Lipinski definition) is 2. The van der Waals surface area contributed by atoms with Crippen LogP contribution in [-0.4, -0.2) is 42.1 Å². The summed E-state index contributed by atoms with van der Waals surface area (Å²) >= 11 is 1.07. The Kier molecular flexibility index (Phi) is 8.40. The molecule has 0 radical (unpaired) electrons. The Labute approximate surface area is 189 Å². The molecule has 3 N–H and O–H groups in total. The molecule has 176 valence electrons. The van der Waals surface area contributed by atoms with Crippen molar-refractivity contribution in [2.24, 2.45) is 0 Å². The lowest BCUT2D eigenvalue weighted by Gasteiger charge is -2.25. The molecule has 2 amide bonds. The number of Topliss-reactive ketones (excluding diaryl/α,β-unsaturated/α-hetero) is 1. The van der Waals surface area contributed by atoms with Gasteiger partial charge in [-0.25, -0.2) is 9.37 Å². The number of amides is 2. The van der Waals surface area contributed by atoms with E-state index in [2.05, 4.69) is 4.98 Å². The number of nitrogens with one attached hydrogen (secondary N) is 1. The number of thioether (sulfide) groups is 1. The summed E-state index contributed by atoms with van der Waals surface area (Å²) in [6.45, 7) is 1.39. The van der Waals surface area contributed by atoms with Crippen molar-refractivity contribution in [2.75, 3.05) is 23.4 Å². The molecule has 0 spiro atoms. The minimum Gasteiger partial charge on any atom is -0.452 e. The molecule has 13 heteroatoms. The van der Waals surface area contributed by atoms with Crippen molar-refractivity contribution in [1.29, 1.82) is 0 Å². The van der Waals surface area contributed by atoms with Crippen molar-refractivity contribution in [2.45, 2.75) is 18.1 Å². The molecule has 0 aliphatic heterocycles. The number of imide groups is 1. The number of nitrogens with zero attached hydrogens (tertiary/aromatic N) is 2. The number of carbonyl (C=O) groups excluding carboxylic acids is 3. The van der Waals surface area contributed by atoms with Gasteiger partial charge in [0.25, 0.3) is 5.91 Å². The van der Waals surface area contributed by atoms with Gasteiger partial charge in [0.1, 0.15) is 22.3 Å². The minimum absolute atomic E-state index is 0.0851. The third kappa shape index (κ3) is 6.94. The number of benzene rings is 1. The molecule has 8 nitrogen and oxygen atoms in total. The average molecular weight is 486 g/mol. The molecule has 0 aliphatic rings. The fourth-order valence-corrected chi connectivity index (χ4v) is 3.20. The predicted octanol–water partition coefficient (Wildman–Crippen LogP) is 3.43. The number of pyridine rings is 1. The molecule has 0 aliphatic carbocycles. The number of halogens is 4. The van der Waals surface area contributed by atoms with E-state index >= 15 is 0 Å². The van der Waals surface area contributed by atoms with Gasteiger partial charge in [-0.05, 0) is 19.1 Å². The first-order valence-electron chi connectivity index (χ1n) is 9.05.